The Hall–Kier alpha value is -0.310. The monoisotopic (exact) mass is 172 g/mol. The molecule has 0 aliphatic carbocycles. The number of benzene rings is 1. The molecule has 0 unspecified atom stereocenters. The van der Waals surface area contributed by atoms with Crippen molar-refractivity contribution in [3.05, 3.63) is 29.8 Å². The van der Waals surface area contributed by atoms with Gasteiger partial charge in [0.2, 0.25) is 0 Å². The van der Waals surface area contributed by atoms with Gasteiger partial charge in [-0.3, -0.25) is 0 Å². The van der Waals surface area contributed by atoms with Gasteiger partial charge in [-0.05, 0) is 0 Å². The van der Waals surface area contributed by atoms with E-state index in [1.807, 2.05) is 12.1 Å². The minimum absolute atomic E-state index is 0.237. The third kappa shape index (κ3) is 2.63. The van der Waals surface area contributed by atoms with Gasteiger partial charge in [-0.1, -0.05) is 0 Å². The van der Waals surface area contributed by atoms with Crippen LogP contribution in [-0.2, 0) is 4.74 Å². The second kappa shape index (κ2) is 4.65. The number of hydrogen-bond acceptors (Lipinski definition) is 2. The summed E-state index contributed by atoms with van der Waals surface area (Å²) in [7, 11) is 0. The molecule has 0 atom stereocenters. The zero-order chi connectivity index (χ0) is 8.97. The van der Waals surface area contributed by atoms with Crippen LogP contribution < -0.4 is 2.81 Å². The van der Waals surface area contributed by atoms with Crippen LogP contribution in [0.4, 0.5) is 0 Å². The predicted octanol–water partition coefficient (Wildman–Crippen LogP) is 0.657. The van der Waals surface area contributed by atoms with Crippen LogP contribution in [0.15, 0.2) is 24.3 Å². The fraction of sp³-hybridized carbons (Fsp3) is 0.222. The first kappa shape index (κ1) is 9.78. The fourth-order valence-corrected chi connectivity index (χ4v) is 1.24. The van der Waals surface area contributed by atoms with E-state index < -0.39 is 0 Å². The van der Waals surface area contributed by atoms with E-state index >= 15 is 0 Å². The zero-order valence-corrected chi connectivity index (χ0v) is 9.33. The maximum atomic E-state index is 11.1. The molecule has 0 bridgehead atoms. The van der Waals surface area contributed by atoms with Gasteiger partial charge in [0.25, 0.3) is 0 Å². The van der Waals surface area contributed by atoms with Crippen LogP contribution in [0.5, 0.6) is 0 Å². The van der Waals surface area contributed by atoms with Gasteiger partial charge in [0, 0.05) is 0 Å². The first-order valence-corrected chi connectivity index (χ1v) is 4.98. The van der Waals surface area contributed by atoms with Crippen LogP contribution in [0.25, 0.3) is 0 Å². The Morgan fingerprint density at radius 2 is 2.00 bits per heavy atom. The molecule has 2 nitrogen and oxygen atoms in total. The number of ether oxygens (including phenoxy) is 1. The summed E-state index contributed by atoms with van der Waals surface area (Å²) in [5.74, 6) is -0.237. The SMILES string of the molecule is CCOC(=O)c1cc[c]([Na])cc1. The summed E-state index contributed by atoms with van der Waals surface area (Å²) in [5, 5.41) is 0. The van der Waals surface area contributed by atoms with E-state index in [0.717, 1.165) is 27.9 Å². The Kier molecular flexibility index (Phi) is 3.79. The molecule has 0 amide bonds. The van der Waals surface area contributed by atoms with E-state index in [9.17, 15) is 4.79 Å². The Morgan fingerprint density at radius 3 is 2.50 bits per heavy atom. The predicted molar refractivity (Wildman–Crippen MR) is 47.8 cm³/mol. The van der Waals surface area contributed by atoms with Crippen molar-refractivity contribution in [2.75, 3.05) is 6.61 Å². The summed E-state index contributed by atoms with van der Waals surface area (Å²) in [6.45, 7) is 2.24. The van der Waals surface area contributed by atoms with Gasteiger partial charge in [0.05, 0.1) is 0 Å². The molecule has 0 spiro atoms. The molecule has 58 valence electrons. The standard InChI is InChI=1S/C9H9O2.Na/c1-2-11-9(10)8-6-4-3-5-7-8;/h4-7H,2H2,1H3;. The molecule has 0 fully saturated rings. The number of hydrogen-bond donors (Lipinski definition) is 0. The molecule has 0 heterocycles. The van der Waals surface area contributed by atoms with Crippen molar-refractivity contribution in [2.45, 2.75) is 6.92 Å². The summed E-state index contributed by atoms with van der Waals surface area (Å²) in [6, 6.07) is 7.53. The van der Waals surface area contributed by atoms with Crippen LogP contribution in [0.1, 0.15) is 17.3 Å². The van der Waals surface area contributed by atoms with Gasteiger partial charge in [0.15, 0.2) is 0 Å². The van der Waals surface area contributed by atoms with Crippen LogP contribution in [0, 0.1) is 0 Å². The molecule has 12 heavy (non-hydrogen) atoms. The summed E-state index contributed by atoms with van der Waals surface area (Å²) < 4.78 is 6.12. The van der Waals surface area contributed by atoms with Gasteiger partial charge in [-0.2, -0.15) is 0 Å². The molecule has 0 aromatic heterocycles. The second-order valence-electron chi connectivity index (χ2n) is 2.59. The Balaban J connectivity index is 2.75. The number of rotatable bonds is 2. The van der Waals surface area contributed by atoms with Crippen molar-refractivity contribution in [3.63, 3.8) is 0 Å². The first-order valence-electron chi connectivity index (χ1n) is 3.98. The summed E-state index contributed by atoms with van der Waals surface area (Å²) in [4.78, 5) is 11.1. The number of carbonyl (C=O) groups is 1. The first-order chi connectivity index (χ1) is 5.74. The Bertz CT molecular complexity index is 266. The third-order valence-corrected chi connectivity index (χ3v) is 2.23. The molecule has 0 aliphatic rings. The average molecular weight is 172 g/mol. The van der Waals surface area contributed by atoms with Crippen molar-refractivity contribution >= 4 is 36.7 Å². The van der Waals surface area contributed by atoms with Crippen LogP contribution >= 0.6 is 0 Å². The van der Waals surface area contributed by atoms with E-state index in [2.05, 4.69) is 0 Å². The van der Waals surface area contributed by atoms with Gasteiger partial charge >= 0.3 is 89.6 Å². The van der Waals surface area contributed by atoms with Gasteiger partial charge < -0.3 is 0 Å². The molecular weight excluding hydrogens is 163 g/mol. The maximum absolute atomic E-state index is 11.1. The molecule has 0 aliphatic heterocycles. The van der Waals surface area contributed by atoms with E-state index in [1.165, 1.54) is 2.81 Å². The van der Waals surface area contributed by atoms with Crippen molar-refractivity contribution in [3.8, 4) is 0 Å². The van der Waals surface area contributed by atoms with Crippen LogP contribution in [-0.4, -0.2) is 40.5 Å². The van der Waals surface area contributed by atoms with E-state index in [0.29, 0.717) is 12.2 Å². The van der Waals surface area contributed by atoms with Crippen molar-refractivity contribution in [1.82, 2.24) is 0 Å². The van der Waals surface area contributed by atoms with Gasteiger partial charge in [0.1, 0.15) is 0 Å². The molecule has 0 radical (unpaired) electrons. The van der Waals surface area contributed by atoms with Crippen molar-refractivity contribution in [2.24, 2.45) is 0 Å². The quantitative estimate of drug-likeness (QED) is 0.483. The molecule has 1 aromatic rings. The fourth-order valence-electron chi connectivity index (χ4n) is 0.904. The van der Waals surface area contributed by atoms with Gasteiger partial charge in [-0.25, -0.2) is 0 Å². The van der Waals surface area contributed by atoms with Crippen LogP contribution in [0.3, 0.4) is 0 Å². The molecule has 0 saturated carbocycles. The van der Waals surface area contributed by atoms with Gasteiger partial charge in [-0.15, -0.1) is 0 Å². The normalized spacial score (nSPS) is 9.58. The molecule has 0 saturated heterocycles. The summed E-state index contributed by atoms with van der Waals surface area (Å²) >= 11 is 1.02. The Morgan fingerprint density at radius 1 is 1.42 bits per heavy atom. The Labute approximate surface area is 89.3 Å². The second-order valence-corrected chi connectivity index (χ2v) is 3.74. The zero-order valence-electron chi connectivity index (χ0n) is 7.33. The molecule has 0 N–H and O–H groups in total. The van der Waals surface area contributed by atoms with E-state index in [-0.39, 0.29) is 5.97 Å². The van der Waals surface area contributed by atoms with E-state index in [4.69, 9.17) is 4.74 Å². The number of esters is 1. The molecule has 1 rings (SSSR count). The molecule has 1 aromatic carbocycles. The van der Waals surface area contributed by atoms with E-state index in [1.54, 1.807) is 19.1 Å². The molecular formula is C9H9NaO2. The third-order valence-electron chi connectivity index (χ3n) is 1.56. The summed E-state index contributed by atoms with van der Waals surface area (Å²) in [5.41, 5.74) is 0.636. The van der Waals surface area contributed by atoms with Crippen molar-refractivity contribution in [1.29, 1.82) is 0 Å². The average Bonchev–Trinajstić information content (AvgIpc) is 2.06. The number of carbonyl (C=O) groups excluding carboxylic acids is 1. The topological polar surface area (TPSA) is 26.3 Å². The van der Waals surface area contributed by atoms with Crippen LogP contribution in [0.2, 0.25) is 0 Å². The van der Waals surface area contributed by atoms with Crippen molar-refractivity contribution < 1.29 is 9.53 Å². The minimum atomic E-state index is -0.237. The molecule has 3 heteroatoms. The summed E-state index contributed by atoms with van der Waals surface area (Å²) in [6.07, 6.45) is 0.